The highest BCUT2D eigenvalue weighted by Gasteiger charge is 2.10. The Kier molecular flexibility index (Phi) is 6.84. The minimum absolute atomic E-state index is 0.332. The average molecular weight is 377 g/mol. The summed E-state index contributed by atoms with van der Waals surface area (Å²) in [6.45, 7) is 4.07. The summed E-state index contributed by atoms with van der Waals surface area (Å²) < 4.78 is 0. The van der Waals surface area contributed by atoms with Crippen LogP contribution in [0.15, 0.2) is 54.6 Å². The first kappa shape index (κ1) is 19.7. The van der Waals surface area contributed by atoms with Crippen molar-refractivity contribution in [3.8, 4) is 0 Å². The summed E-state index contributed by atoms with van der Waals surface area (Å²) >= 11 is 0. The predicted octanol–water partition coefficient (Wildman–Crippen LogP) is 3.85. The Hall–Kier alpha value is -3.08. The fourth-order valence-corrected chi connectivity index (χ4v) is 3.35. The van der Waals surface area contributed by atoms with Crippen LogP contribution in [0.25, 0.3) is 6.08 Å². The highest BCUT2D eigenvalue weighted by molar-refractivity contribution is 5.98. The number of nitrogens with zero attached hydrogens (tertiary/aromatic N) is 1. The van der Waals surface area contributed by atoms with Gasteiger partial charge in [0.1, 0.15) is 0 Å². The quantitative estimate of drug-likeness (QED) is 0.628. The topological polar surface area (TPSA) is 61.4 Å². The van der Waals surface area contributed by atoms with Gasteiger partial charge in [-0.05, 0) is 55.2 Å². The summed E-state index contributed by atoms with van der Waals surface area (Å²) in [6, 6.07) is 15.5. The molecule has 5 nitrogen and oxygen atoms in total. The first-order valence-corrected chi connectivity index (χ1v) is 9.82. The van der Waals surface area contributed by atoms with Gasteiger partial charge in [-0.15, -0.1) is 0 Å². The summed E-state index contributed by atoms with van der Waals surface area (Å²) in [7, 11) is 0. The molecule has 3 rings (SSSR count). The second kappa shape index (κ2) is 9.74. The molecule has 2 aromatic carbocycles. The third-order valence-corrected chi connectivity index (χ3v) is 4.98. The molecule has 1 aliphatic heterocycles. The van der Waals surface area contributed by atoms with E-state index in [4.69, 9.17) is 0 Å². The van der Waals surface area contributed by atoms with Crippen molar-refractivity contribution in [3.05, 3.63) is 71.3 Å². The van der Waals surface area contributed by atoms with Gasteiger partial charge in [-0.25, -0.2) is 0 Å². The zero-order valence-electron chi connectivity index (χ0n) is 16.3. The summed E-state index contributed by atoms with van der Waals surface area (Å²) in [4.78, 5) is 26.5. The number of carbonyl (C=O) groups is 2. The molecule has 0 saturated carbocycles. The first-order valence-electron chi connectivity index (χ1n) is 9.82. The molecule has 1 aliphatic rings. The molecule has 0 radical (unpaired) electrons. The van der Waals surface area contributed by atoms with E-state index < -0.39 is 0 Å². The fourth-order valence-electron chi connectivity index (χ4n) is 3.35. The van der Waals surface area contributed by atoms with Crippen molar-refractivity contribution in [2.45, 2.75) is 32.6 Å². The van der Waals surface area contributed by atoms with Gasteiger partial charge in [0, 0.05) is 30.4 Å². The highest BCUT2D eigenvalue weighted by atomic mass is 16.2. The van der Waals surface area contributed by atoms with Crippen molar-refractivity contribution >= 4 is 23.6 Å². The molecule has 2 amide bonds. The van der Waals surface area contributed by atoms with Gasteiger partial charge in [-0.2, -0.15) is 0 Å². The number of hydrogen-bond acceptors (Lipinski definition) is 3. The second-order valence-electron chi connectivity index (χ2n) is 7.08. The van der Waals surface area contributed by atoms with E-state index in [0.29, 0.717) is 5.56 Å². The zero-order chi connectivity index (χ0) is 19.8. The monoisotopic (exact) mass is 377 g/mol. The molecule has 5 heteroatoms. The molecule has 0 spiro atoms. The van der Waals surface area contributed by atoms with Crippen LogP contribution < -0.4 is 15.8 Å². The fraction of sp³-hybridized carbons (Fsp3) is 0.304. The predicted molar refractivity (Wildman–Crippen MR) is 113 cm³/mol. The number of anilines is 1. The van der Waals surface area contributed by atoms with E-state index in [9.17, 15) is 9.59 Å². The van der Waals surface area contributed by atoms with Crippen molar-refractivity contribution in [3.63, 3.8) is 0 Å². The van der Waals surface area contributed by atoms with E-state index in [1.54, 1.807) is 18.2 Å². The van der Waals surface area contributed by atoms with Gasteiger partial charge in [0.25, 0.3) is 11.8 Å². The van der Waals surface area contributed by atoms with Crippen LogP contribution in [0.4, 0.5) is 5.69 Å². The van der Waals surface area contributed by atoms with Crippen LogP contribution >= 0.6 is 0 Å². The Morgan fingerprint density at radius 3 is 2.25 bits per heavy atom. The van der Waals surface area contributed by atoms with Crippen LogP contribution in [0.1, 0.15) is 47.2 Å². The van der Waals surface area contributed by atoms with E-state index in [0.717, 1.165) is 24.2 Å². The van der Waals surface area contributed by atoms with E-state index in [2.05, 4.69) is 27.9 Å². The Balaban J connectivity index is 1.51. The average Bonchev–Trinajstić information content (AvgIpc) is 3.01. The molecule has 0 bridgehead atoms. The van der Waals surface area contributed by atoms with E-state index in [1.807, 2.05) is 31.2 Å². The van der Waals surface area contributed by atoms with Gasteiger partial charge in [-0.3, -0.25) is 20.4 Å². The van der Waals surface area contributed by atoms with Crippen LogP contribution in [0.3, 0.4) is 0 Å². The van der Waals surface area contributed by atoms with E-state index in [1.165, 1.54) is 37.4 Å². The lowest BCUT2D eigenvalue weighted by atomic mass is 10.1. The van der Waals surface area contributed by atoms with E-state index >= 15 is 0 Å². The maximum Gasteiger partial charge on any atom is 0.269 e. The molecule has 0 aliphatic carbocycles. The SMILES string of the molecule is Cc1ccccc1C(=O)NNC(=O)/C=C/c1ccc(N2CCCCCC2)cc1. The molecule has 1 saturated heterocycles. The number of hydrazine groups is 1. The summed E-state index contributed by atoms with van der Waals surface area (Å²) in [6.07, 6.45) is 8.27. The molecule has 1 heterocycles. The number of carbonyl (C=O) groups excluding carboxylic acids is 2. The summed E-state index contributed by atoms with van der Waals surface area (Å²) in [5.41, 5.74) is 8.42. The Labute approximate surface area is 166 Å². The van der Waals surface area contributed by atoms with Crippen molar-refractivity contribution in [2.75, 3.05) is 18.0 Å². The van der Waals surface area contributed by atoms with Gasteiger partial charge in [0.05, 0.1) is 0 Å². The molecule has 2 aromatic rings. The lowest BCUT2D eigenvalue weighted by molar-refractivity contribution is -0.117. The number of amides is 2. The summed E-state index contributed by atoms with van der Waals surface area (Å²) in [5.74, 6) is -0.708. The second-order valence-corrected chi connectivity index (χ2v) is 7.08. The van der Waals surface area contributed by atoms with Gasteiger partial charge in [-0.1, -0.05) is 43.2 Å². The van der Waals surface area contributed by atoms with Crippen LogP contribution in [0, 0.1) is 6.92 Å². The summed E-state index contributed by atoms with van der Waals surface area (Å²) in [5, 5.41) is 0. The van der Waals surface area contributed by atoms with Gasteiger partial charge >= 0.3 is 0 Å². The Morgan fingerprint density at radius 1 is 0.893 bits per heavy atom. The minimum Gasteiger partial charge on any atom is -0.372 e. The Morgan fingerprint density at radius 2 is 1.57 bits per heavy atom. The molecule has 146 valence electrons. The largest absolute Gasteiger partial charge is 0.372 e. The highest BCUT2D eigenvalue weighted by Crippen LogP contribution is 2.20. The third kappa shape index (κ3) is 5.46. The molecular weight excluding hydrogens is 350 g/mol. The van der Waals surface area contributed by atoms with Crippen LogP contribution in [-0.4, -0.2) is 24.9 Å². The normalized spacial score (nSPS) is 14.5. The number of rotatable bonds is 4. The van der Waals surface area contributed by atoms with Crippen LogP contribution in [0.5, 0.6) is 0 Å². The molecule has 0 unspecified atom stereocenters. The Bertz CT molecular complexity index is 835. The van der Waals surface area contributed by atoms with Crippen LogP contribution in [0.2, 0.25) is 0 Å². The number of aryl methyl sites for hydroxylation is 1. The van der Waals surface area contributed by atoms with Crippen molar-refractivity contribution in [2.24, 2.45) is 0 Å². The smallest absolute Gasteiger partial charge is 0.269 e. The lowest BCUT2D eigenvalue weighted by Gasteiger charge is -2.22. The van der Waals surface area contributed by atoms with Crippen LogP contribution in [-0.2, 0) is 4.79 Å². The maximum absolute atomic E-state index is 12.1. The van der Waals surface area contributed by atoms with Gasteiger partial charge < -0.3 is 4.90 Å². The minimum atomic E-state index is -0.376. The van der Waals surface area contributed by atoms with Crippen molar-refractivity contribution < 1.29 is 9.59 Å². The maximum atomic E-state index is 12.1. The lowest BCUT2D eigenvalue weighted by Crippen LogP contribution is -2.41. The molecule has 1 fully saturated rings. The molecule has 28 heavy (non-hydrogen) atoms. The molecule has 0 aromatic heterocycles. The first-order chi connectivity index (χ1) is 13.6. The molecule has 0 atom stereocenters. The van der Waals surface area contributed by atoms with E-state index in [-0.39, 0.29) is 11.8 Å². The molecular formula is C23H27N3O2. The third-order valence-electron chi connectivity index (χ3n) is 4.98. The van der Waals surface area contributed by atoms with Gasteiger partial charge in [0.15, 0.2) is 0 Å². The number of hydrogen-bond donors (Lipinski definition) is 2. The van der Waals surface area contributed by atoms with Crippen molar-refractivity contribution in [1.82, 2.24) is 10.9 Å². The standard InChI is InChI=1S/C23H27N3O2/c1-18-8-4-5-9-21(18)23(28)25-24-22(27)15-12-19-10-13-20(14-11-19)26-16-6-2-3-7-17-26/h4-5,8-15H,2-3,6-7,16-17H2,1H3,(H,24,27)(H,25,28)/b15-12+. The van der Waals surface area contributed by atoms with Crippen molar-refractivity contribution in [1.29, 1.82) is 0 Å². The number of benzene rings is 2. The van der Waals surface area contributed by atoms with Gasteiger partial charge in [0.2, 0.25) is 0 Å². The molecule has 2 N–H and O–H groups in total. The zero-order valence-corrected chi connectivity index (χ0v) is 16.3. The number of nitrogens with one attached hydrogen (secondary N) is 2.